The van der Waals surface area contributed by atoms with Crippen molar-refractivity contribution >= 4 is 17.2 Å². The first-order chi connectivity index (χ1) is 11.1. The van der Waals surface area contributed by atoms with Crippen LogP contribution in [-0.2, 0) is 17.6 Å². The maximum absolute atomic E-state index is 12.6. The summed E-state index contributed by atoms with van der Waals surface area (Å²) in [5, 5.41) is 3.02. The molecule has 0 saturated carbocycles. The highest BCUT2D eigenvalue weighted by atomic mass is 32.1. The van der Waals surface area contributed by atoms with Crippen LogP contribution < -0.4 is 0 Å². The molecule has 0 aromatic carbocycles. The second-order valence-corrected chi connectivity index (χ2v) is 7.32. The third-order valence-electron chi connectivity index (χ3n) is 4.42. The van der Waals surface area contributed by atoms with E-state index in [9.17, 15) is 4.79 Å². The summed E-state index contributed by atoms with van der Waals surface area (Å²) in [6.45, 7) is 4.89. The zero-order valence-corrected chi connectivity index (χ0v) is 14.6. The van der Waals surface area contributed by atoms with Crippen molar-refractivity contribution in [2.75, 3.05) is 6.54 Å². The summed E-state index contributed by atoms with van der Waals surface area (Å²) in [7, 11) is 0. The molecule has 1 amide bonds. The van der Waals surface area contributed by atoms with Crippen LogP contribution in [0.4, 0.5) is 0 Å². The third kappa shape index (κ3) is 4.16. The molecule has 3 heterocycles. The molecule has 23 heavy (non-hydrogen) atoms. The fourth-order valence-corrected chi connectivity index (χ4v) is 3.92. The first-order valence-corrected chi connectivity index (χ1v) is 9.12. The maximum atomic E-state index is 12.6. The lowest BCUT2D eigenvalue weighted by molar-refractivity contribution is -0.131. The number of hydrogen-bond donors (Lipinski definition) is 0. The number of nitrogens with zero attached hydrogens (tertiary/aromatic N) is 3. The Bertz CT molecular complexity index is 682. The van der Waals surface area contributed by atoms with E-state index in [1.54, 1.807) is 11.3 Å². The lowest BCUT2D eigenvalue weighted by Gasteiger charge is -2.24. The average molecular weight is 329 g/mol. The molecule has 1 saturated heterocycles. The molecule has 4 nitrogen and oxygen atoms in total. The van der Waals surface area contributed by atoms with Gasteiger partial charge in [-0.05, 0) is 57.2 Å². The molecule has 2 aromatic rings. The highest BCUT2D eigenvalue weighted by Crippen LogP contribution is 2.23. The Balaban J connectivity index is 1.57. The van der Waals surface area contributed by atoms with E-state index >= 15 is 0 Å². The van der Waals surface area contributed by atoms with Gasteiger partial charge in [0.2, 0.25) is 5.91 Å². The molecule has 0 spiro atoms. The summed E-state index contributed by atoms with van der Waals surface area (Å²) in [6.07, 6.45) is 6.58. The van der Waals surface area contributed by atoms with E-state index in [2.05, 4.69) is 27.0 Å². The van der Waals surface area contributed by atoms with Crippen molar-refractivity contribution in [2.45, 2.75) is 52.0 Å². The molecule has 1 atom stereocenters. The molecule has 3 rings (SSSR count). The summed E-state index contributed by atoms with van der Waals surface area (Å²) >= 11 is 1.61. The molecule has 0 radical (unpaired) electrons. The standard InChI is InChI=1S/C18H23N3OS/c1-13-10-15(7-8-19-13)5-6-17-4-3-9-21(17)18(22)11-16-12-23-14(2)20-16/h7-8,10,12,17H,3-6,9,11H2,1-2H3/t17-/m0/s1. The Morgan fingerprint density at radius 3 is 3.04 bits per heavy atom. The number of pyridine rings is 1. The number of aromatic nitrogens is 2. The van der Waals surface area contributed by atoms with E-state index in [1.807, 2.05) is 25.4 Å². The minimum absolute atomic E-state index is 0.226. The molecule has 2 aromatic heterocycles. The van der Waals surface area contributed by atoms with Gasteiger partial charge in [0.05, 0.1) is 17.1 Å². The predicted octanol–water partition coefficient (Wildman–Crippen LogP) is 3.32. The van der Waals surface area contributed by atoms with Gasteiger partial charge in [-0.25, -0.2) is 4.98 Å². The fourth-order valence-electron chi connectivity index (χ4n) is 3.30. The monoisotopic (exact) mass is 329 g/mol. The number of thiazole rings is 1. The number of likely N-dealkylation sites (tertiary alicyclic amines) is 1. The second kappa shape index (κ2) is 7.21. The lowest BCUT2D eigenvalue weighted by atomic mass is 10.0. The fraction of sp³-hybridized carbons (Fsp3) is 0.500. The minimum atomic E-state index is 0.226. The molecular formula is C18H23N3OS. The van der Waals surface area contributed by atoms with Gasteiger partial charge in [-0.1, -0.05) is 0 Å². The van der Waals surface area contributed by atoms with Crippen LogP contribution >= 0.6 is 11.3 Å². The molecule has 0 aliphatic carbocycles. The normalized spacial score (nSPS) is 17.7. The van der Waals surface area contributed by atoms with Crippen LogP contribution in [0.2, 0.25) is 0 Å². The van der Waals surface area contributed by atoms with Gasteiger partial charge in [-0.3, -0.25) is 9.78 Å². The van der Waals surface area contributed by atoms with Crippen LogP contribution in [0.3, 0.4) is 0 Å². The van der Waals surface area contributed by atoms with E-state index in [1.165, 1.54) is 5.56 Å². The SMILES string of the molecule is Cc1cc(CC[C@@H]2CCCN2C(=O)Cc2csc(C)n2)ccn1. The molecule has 1 aliphatic heterocycles. The van der Waals surface area contributed by atoms with Gasteiger partial charge in [0.15, 0.2) is 0 Å². The molecule has 1 fully saturated rings. The van der Waals surface area contributed by atoms with Crippen molar-refractivity contribution in [1.82, 2.24) is 14.9 Å². The van der Waals surface area contributed by atoms with Crippen molar-refractivity contribution in [2.24, 2.45) is 0 Å². The van der Waals surface area contributed by atoms with E-state index < -0.39 is 0 Å². The van der Waals surface area contributed by atoms with Gasteiger partial charge in [0, 0.05) is 29.9 Å². The van der Waals surface area contributed by atoms with E-state index in [4.69, 9.17) is 0 Å². The molecule has 0 unspecified atom stereocenters. The highest BCUT2D eigenvalue weighted by molar-refractivity contribution is 7.09. The van der Waals surface area contributed by atoms with Crippen molar-refractivity contribution in [1.29, 1.82) is 0 Å². The van der Waals surface area contributed by atoms with Gasteiger partial charge in [-0.15, -0.1) is 11.3 Å². The van der Waals surface area contributed by atoms with Gasteiger partial charge in [0.25, 0.3) is 0 Å². The average Bonchev–Trinajstić information content (AvgIpc) is 3.14. The van der Waals surface area contributed by atoms with Crippen molar-refractivity contribution < 1.29 is 4.79 Å². The number of amides is 1. The van der Waals surface area contributed by atoms with E-state index in [0.717, 1.165) is 48.6 Å². The predicted molar refractivity (Wildman–Crippen MR) is 92.6 cm³/mol. The number of carbonyl (C=O) groups excluding carboxylic acids is 1. The Morgan fingerprint density at radius 2 is 2.30 bits per heavy atom. The van der Waals surface area contributed by atoms with Crippen LogP contribution in [0.1, 0.15) is 41.2 Å². The van der Waals surface area contributed by atoms with Gasteiger partial charge in [0.1, 0.15) is 0 Å². The molecule has 122 valence electrons. The summed E-state index contributed by atoms with van der Waals surface area (Å²) in [5.74, 6) is 0.226. The smallest absolute Gasteiger partial charge is 0.228 e. The van der Waals surface area contributed by atoms with Crippen LogP contribution in [0.15, 0.2) is 23.7 Å². The topological polar surface area (TPSA) is 46.1 Å². The Labute approximate surface area is 141 Å². The number of carbonyl (C=O) groups is 1. The zero-order valence-electron chi connectivity index (χ0n) is 13.8. The van der Waals surface area contributed by atoms with E-state index in [0.29, 0.717) is 12.5 Å². The summed E-state index contributed by atoms with van der Waals surface area (Å²) in [4.78, 5) is 23.3. The van der Waals surface area contributed by atoms with Crippen molar-refractivity contribution in [3.63, 3.8) is 0 Å². The Hall–Kier alpha value is -1.75. The van der Waals surface area contributed by atoms with Crippen LogP contribution in [0.5, 0.6) is 0 Å². The third-order valence-corrected chi connectivity index (χ3v) is 5.25. The first kappa shape index (κ1) is 16.1. The van der Waals surface area contributed by atoms with Gasteiger partial charge < -0.3 is 4.90 Å². The van der Waals surface area contributed by atoms with Crippen molar-refractivity contribution in [3.05, 3.63) is 45.7 Å². The molecule has 5 heteroatoms. The lowest BCUT2D eigenvalue weighted by Crippen LogP contribution is -2.36. The van der Waals surface area contributed by atoms with Crippen LogP contribution in [-0.4, -0.2) is 33.4 Å². The summed E-state index contributed by atoms with van der Waals surface area (Å²) in [5.41, 5.74) is 3.28. The first-order valence-electron chi connectivity index (χ1n) is 8.24. The largest absolute Gasteiger partial charge is 0.339 e. The minimum Gasteiger partial charge on any atom is -0.339 e. The number of aryl methyl sites for hydroxylation is 3. The highest BCUT2D eigenvalue weighted by Gasteiger charge is 2.28. The summed E-state index contributed by atoms with van der Waals surface area (Å²) < 4.78 is 0. The number of hydrogen-bond acceptors (Lipinski definition) is 4. The van der Waals surface area contributed by atoms with Crippen LogP contribution in [0, 0.1) is 13.8 Å². The summed E-state index contributed by atoms with van der Waals surface area (Å²) in [6, 6.07) is 4.58. The van der Waals surface area contributed by atoms with Gasteiger partial charge >= 0.3 is 0 Å². The number of rotatable bonds is 5. The Kier molecular flexibility index (Phi) is 5.06. The molecule has 0 N–H and O–H groups in total. The Morgan fingerprint density at radius 1 is 1.43 bits per heavy atom. The molecule has 1 aliphatic rings. The van der Waals surface area contributed by atoms with Gasteiger partial charge in [-0.2, -0.15) is 0 Å². The molecular weight excluding hydrogens is 306 g/mol. The molecule has 0 bridgehead atoms. The zero-order chi connectivity index (χ0) is 16.2. The van der Waals surface area contributed by atoms with Crippen LogP contribution in [0.25, 0.3) is 0 Å². The van der Waals surface area contributed by atoms with E-state index in [-0.39, 0.29) is 5.91 Å². The van der Waals surface area contributed by atoms with Crippen molar-refractivity contribution in [3.8, 4) is 0 Å². The quantitative estimate of drug-likeness (QED) is 0.845. The second-order valence-electron chi connectivity index (χ2n) is 6.26. The maximum Gasteiger partial charge on any atom is 0.228 e.